The number of anilines is 1. The third-order valence-corrected chi connectivity index (χ3v) is 8.58. The van der Waals surface area contributed by atoms with Crippen molar-refractivity contribution in [3.63, 3.8) is 0 Å². The number of carbonyl (C=O) groups excluding carboxylic acids is 2. The van der Waals surface area contributed by atoms with Gasteiger partial charge in [-0.25, -0.2) is 9.97 Å². The van der Waals surface area contributed by atoms with Gasteiger partial charge in [0.1, 0.15) is 5.75 Å². The average molecular weight is 548 g/mol. The standard InChI is InChI=1S/C29H29N3O4S2/c1-5-6-7-13-36-20-10-8-9-19(15-20)24-23(25(33)27-17(3)30-18(4)37-27)26(34)28(35)32(24)29-31-21-12-11-16(2)14-22(21)38-29/h8-12,14-15,24,34H,5-7,13H2,1-4H3. The Labute approximate surface area is 229 Å². The normalized spacial score (nSPS) is 15.6. The number of unbranched alkanes of at least 4 members (excludes halogenated alkanes) is 2. The second-order valence-corrected chi connectivity index (χ2v) is 11.6. The second-order valence-electron chi connectivity index (χ2n) is 9.41. The molecule has 1 aliphatic heterocycles. The van der Waals surface area contributed by atoms with Crippen molar-refractivity contribution in [1.29, 1.82) is 0 Å². The Morgan fingerprint density at radius 2 is 1.89 bits per heavy atom. The molecule has 0 saturated heterocycles. The Morgan fingerprint density at radius 3 is 2.63 bits per heavy atom. The van der Waals surface area contributed by atoms with E-state index < -0.39 is 23.5 Å². The van der Waals surface area contributed by atoms with Crippen LogP contribution in [-0.2, 0) is 4.79 Å². The minimum atomic E-state index is -0.863. The molecule has 1 unspecified atom stereocenters. The van der Waals surface area contributed by atoms with E-state index in [1.807, 2.05) is 56.3 Å². The molecule has 4 aromatic rings. The highest BCUT2D eigenvalue weighted by Gasteiger charge is 2.46. The van der Waals surface area contributed by atoms with E-state index in [0.29, 0.717) is 33.6 Å². The highest BCUT2D eigenvalue weighted by Crippen LogP contribution is 2.45. The molecule has 9 heteroatoms. The Kier molecular flexibility index (Phi) is 7.32. The number of benzene rings is 2. The number of hydrogen-bond acceptors (Lipinski definition) is 8. The summed E-state index contributed by atoms with van der Waals surface area (Å²) in [4.78, 5) is 38.4. The van der Waals surface area contributed by atoms with Crippen molar-refractivity contribution < 1.29 is 19.4 Å². The largest absolute Gasteiger partial charge is 0.503 e. The van der Waals surface area contributed by atoms with Crippen LogP contribution in [0.25, 0.3) is 10.2 Å². The van der Waals surface area contributed by atoms with Crippen LogP contribution in [0.4, 0.5) is 5.13 Å². The van der Waals surface area contributed by atoms with Crippen molar-refractivity contribution in [2.24, 2.45) is 0 Å². The lowest BCUT2D eigenvalue weighted by atomic mass is 9.95. The number of aromatic nitrogens is 2. The van der Waals surface area contributed by atoms with Crippen LogP contribution >= 0.6 is 22.7 Å². The van der Waals surface area contributed by atoms with Gasteiger partial charge in [0.15, 0.2) is 10.9 Å². The van der Waals surface area contributed by atoms with Crippen molar-refractivity contribution in [3.05, 3.63) is 80.5 Å². The van der Waals surface area contributed by atoms with Crippen LogP contribution in [-0.4, -0.2) is 33.4 Å². The first-order valence-electron chi connectivity index (χ1n) is 12.6. The number of aliphatic hydroxyl groups excluding tert-OH is 1. The highest BCUT2D eigenvalue weighted by molar-refractivity contribution is 7.22. The Hall–Kier alpha value is -3.56. The van der Waals surface area contributed by atoms with Crippen LogP contribution in [0.5, 0.6) is 5.75 Å². The lowest BCUT2D eigenvalue weighted by Crippen LogP contribution is -2.31. The molecule has 1 N–H and O–H groups in total. The molecule has 0 aliphatic carbocycles. The van der Waals surface area contributed by atoms with E-state index >= 15 is 0 Å². The van der Waals surface area contributed by atoms with Crippen molar-refractivity contribution in [3.8, 4) is 5.75 Å². The first kappa shape index (κ1) is 26.1. The van der Waals surface area contributed by atoms with E-state index in [1.165, 1.54) is 27.6 Å². The molecular weight excluding hydrogens is 518 g/mol. The van der Waals surface area contributed by atoms with Crippen LogP contribution in [0.2, 0.25) is 0 Å². The summed E-state index contributed by atoms with van der Waals surface area (Å²) in [6, 6.07) is 12.4. The molecule has 1 atom stereocenters. The summed E-state index contributed by atoms with van der Waals surface area (Å²) in [6.07, 6.45) is 3.11. The highest BCUT2D eigenvalue weighted by atomic mass is 32.1. The summed E-state index contributed by atoms with van der Waals surface area (Å²) in [6.45, 7) is 8.30. The van der Waals surface area contributed by atoms with Crippen LogP contribution < -0.4 is 9.64 Å². The molecule has 0 radical (unpaired) electrons. The molecule has 38 heavy (non-hydrogen) atoms. The number of Topliss-reactive ketones (excluding diaryl/α,β-unsaturated/α-hetero) is 1. The molecule has 3 heterocycles. The molecule has 0 fully saturated rings. The Balaban J connectivity index is 1.61. The van der Waals surface area contributed by atoms with Crippen molar-refractivity contribution in [2.75, 3.05) is 11.5 Å². The molecule has 7 nitrogen and oxygen atoms in total. The molecule has 2 aromatic carbocycles. The quantitative estimate of drug-likeness (QED) is 0.179. The molecule has 0 saturated carbocycles. The zero-order chi connectivity index (χ0) is 27.0. The fraction of sp³-hybridized carbons (Fsp3) is 0.310. The number of fused-ring (bicyclic) bond motifs is 1. The van der Waals surface area contributed by atoms with Crippen LogP contribution in [0, 0.1) is 20.8 Å². The van der Waals surface area contributed by atoms with Gasteiger partial charge in [0.25, 0.3) is 5.91 Å². The lowest BCUT2D eigenvalue weighted by Gasteiger charge is -2.24. The molecule has 2 aromatic heterocycles. The van der Waals surface area contributed by atoms with Crippen LogP contribution in [0.1, 0.15) is 63.7 Å². The van der Waals surface area contributed by atoms with Gasteiger partial charge in [-0.15, -0.1) is 11.3 Å². The van der Waals surface area contributed by atoms with E-state index in [-0.39, 0.29) is 5.57 Å². The van der Waals surface area contributed by atoms with Gasteiger partial charge in [-0.1, -0.05) is 49.3 Å². The number of nitrogens with zero attached hydrogens (tertiary/aromatic N) is 3. The minimum absolute atomic E-state index is 0.0281. The van der Waals surface area contributed by atoms with Gasteiger partial charge in [-0.2, -0.15) is 0 Å². The fourth-order valence-electron chi connectivity index (χ4n) is 4.65. The van der Waals surface area contributed by atoms with E-state index in [9.17, 15) is 14.7 Å². The number of thiazole rings is 2. The number of ketones is 1. The van der Waals surface area contributed by atoms with Crippen molar-refractivity contribution in [1.82, 2.24) is 9.97 Å². The molecule has 0 bridgehead atoms. The van der Waals surface area contributed by atoms with E-state index in [4.69, 9.17) is 9.72 Å². The summed E-state index contributed by atoms with van der Waals surface area (Å²) in [7, 11) is 0. The maximum atomic E-state index is 13.9. The van der Waals surface area contributed by atoms with E-state index in [2.05, 4.69) is 11.9 Å². The zero-order valence-corrected chi connectivity index (χ0v) is 23.4. The van der Waals surface area contributed by atoms with Gasteiger partial charge < -0.3 is 9.84 Å². The third-order valence-electron chi connectivity index (χ3n) is 6.49. The molecule has 0 spiro atoms. The predicted octanol–water partition coefficient (Wildman–Crippen LogP) is 7.03. The van der Waals surface area contributed by atoms with Gasteiger partial charge in [-0.05, 0) is 62.6 Å². The summed E-state index contributed by atoms with van der Waals surface area (Å²) < 4.78 is 6.90. The predicted molar refractivity (Wildman–Crippen MR) is 152 cm³/mol. The molecule has 1 aliphatic rings. The summed E-state index contributed by atoms with van der Waals surface area (Å²) in [5.74, 6) is -0.968. The number of aliphatic hydroxyl groups is 1. The number of carbonyl (C=O) groups is 2. The van der Waals surface area contributed by atoms with Crippen molar-refractivity contribution >= 4 is 49.7 Å². The lowest BCUT2D eigenvalue weighted by molar-refractivity contribution is -0.117. The number of hydrogen-bond donors (Lipinski definition) is 1. The van der Waals surface area contributed by atoms with E-state index in [1.54, 1.807) is 6.92 Å². The maximum Gasteiger partial charge on any atom is 0.296 e. The monoisotopic (exact) mass is 547 g/mol. The zero-order valence-electron chi connectivity index (χ0n) is 21.8. The number of ether oxygens (including phenoxy) is 1. The summed E-state index contributed by atoms with van der Waals surface area (Å²) in [5.41, 5.74) is 3.10. The molecule has 1 amide bonds. The third kappa shape index (κ3) is 4.83. The van der Waals surface area contributed by atoms with Gasteiger partial charge >= 0.3 is 0 Å². The second kappa shape index (κ2) is 10.7. The van der Waals surface area contributed by atoms with Gasteiger partial charge in [0.2, 0.25) is 5.78 Å². The number of amides is 1. The SMILES string of the molecule is CCCCCOc1cccc(C2C(C(=O)c3sc(C)nc3C)=C(O)C(=O)N2c2nc3ccc(C)cc3s2)c1. The Bertz CT molecular complexity index is 1570. The van der Waals surface area contributed by atoms with Gasteiger partial charge in [-0.3, -0.25) is 14.5 Å². The first-order chi connectivity index (χ1) is 18.3. The Morgan fingerprint density at radius 1 is 1.08 bits per heavy atom. The average Bonchev–Trinajstić information content (AvgIpc) is 3.54. The van der Waals surface area contributed by atoms with E-state index in [0.717, 1.165) is 40.1 Å². The summed E-state index contributed by atoms with van der Waals surface area (Å²) >= 11 is 2.61. The number of aryl methyl sites for hydroxylation is 3. The van der Waals surface area contributed by atoms with Crippen LogP contribution in [0.3, 0.4) is 0 Å². The molecule has 196 valence electrons. The topological polar surface area (TPSA) is 92.6 Å². The van der Waals surface area contributed by atoms with Gasteiger partial charge in [0, 0.05) is 0 Å². The van der Waals surface area contributed by atoms with Crippen molar-refractivity contribution in [2.45, 2.75) is 53.0 Å². The molecule has 5 rings (SSSR count). The smallest absolute Gasteiger partial charge is 0.296 e. The van der Waals surface area contributed by atoms with Crippen LogP contribution in [0.15, 0.2) is 53.8 Å². The summed E-state index contributed by atoms with van der Waals surface area (Å²) in [5, 5.41) is 12.3. The first-order valence-corrected chi connectivity index (χ1v) is 14.3. The van der Waals surface area contributed by atoms with Gasteiger partial charge in [0.05, 0.1) is 44.0 Å². The number of rotatable bonds is 9. The maximum absolute atomic E-state index is 13.9. The fourth-order valence-corrected chi connectivity index (χ4v) is 6.62. The molecular formula is C29H29N3O4S2. The minimum Gasteiger partial charge on any atom is -0.503 e.